The van der Waals surface area contributed by atoms with E-state index in [1.807, 2.05) is 6.07 Å². The normalized spacial score (nSPS) is 18.4. The number of ether oxygens (including phenoxy) is 2. The third kappa shape index (κ3) is 3.81. The lowest BCUT2D eigenvalue weighted by molar-refractivity contribution is -0.137. The number of amides is 2. The van der Waals surface area contributed by atoms with Crippen molar-refractivity contribution in [3.63, 3.8) is 0 Å². The highest BCUT2D eigenvalue weighted by Crippen LogP contribution is 2.34. The molecule has 0 bridgehead atoms. The van der Waals surface area contributed by atoms with Crippen LogP contribution in [0.2, 0.25) is 0 Å². The van der Waals surface area contributed by atoms with Gasteiger partial charge in [0.1, 0.15) is 6.54 Å². The smallest absolute Gasteiger partial charge is 0.325 e. The fourth-order valence-electron chi connectivity index (χ4n) is 3.40. The number of urea groups is 1. The highest BCUT2D eigenvalue weighted by Gasteiger charge is 2.26. The summed E-state index contributed by atoms with van der Waals surface area (Å²) in [5.74, 6) is 0.450. The summed E-state index contributed by atoms with van der Waals surface area (Å²) in [6, 6.07) is 6.94. The van der Waals surface area contributed by atoms with E-state index in [4.69, 9.17) is 14.6 Å². The van der Waals surface area contributed by atoms with Crippen LogP contribution in [0, 0.1) is 0 Å². The van der Waals surface area contributed by atoms with Crippen molar-refractivity contribution in [2.45, 2.75) is 25.3 Å². The second-order valence-electron chi connectivity index (χ2n) is 6.62. The van der Waals surface area contributed by atoms with Crippen LogP contribution in [0.15, 0.2) is 30.5 Å². The summed E-state index contributed by atoms with van der Waals surface area (Å²) in [5.41, 5.74) is 1.47. The van der Waals surface area contributed by atoms with E-state index < -0.39 is 5.97 Å². The number of rotatable bonds is 4. The van der Waals surface area contributed by atoms with E-state index in [0.717, 1.165) is 18.5 Å². The summed E-state index contributed by atoms with van der Waals surface area (Å²) in [4.78, 5) is 25.2. The number of piperidine rings is 1. The standard InChI is InChI=1S/C18H20N4O5/c23-17(24)10-22-7-5-14(20-22)12-2-1-6-21(9-12)18(25)19-13-3-4-15-16(8-13)27-11-26-15/h3-5,7-8,12H,1-2,6,9-11H2,(H,19,25)(H,23,24)/t12-/m0/s1. The minimum atomic E-state index is -0.932. The molecule has 4 rings (SSSR count). The molecule has 27 heavy (non-hydrogen) atoms. The average Bonchev–Trinajstić information content (AvgIpc) is 3.30. The molecule has 0 spiro atoms. The predicted octanol–water partition coefficient (Wildman–Crippen LogP) is 2.11. The topological polar surface area (TPSA) is 106 Å². The Morgan fingerprint density at radius 1 is 1.26 bits per heavy atom. The highest BCUT2D eigenvalue weighted by molar-refractivity contribution is 5.89. The first-order chi connectivity index (χ1) is 13.1. The fourth-order valence-corrected chi connectivity index (χ4v) is 3.40. The maximum atomic E-state index is 12.6. The predicted molar refractivity (Wildman–Crippen MR) is 95.0 cm³/mol. The van der Waals surface area contributed by atoms with Gasteiger partial charge in [0, 0.05) is 37.0 Å². The minimum Gasteiger partial charge on any atom is -0.480 e. The lowest BCUT2D eigenvalue weighted by atomic mass is 9.95. The average molecular weight is 372 g/mol. The van der Waals surface area contributed by atoms with Crippen molar-refractivity contribution in [1.82, 2.24) is 14.7 Å². The summed E-state index contributed by atoms with van der Waals surface area (Å²) in [5, 5.41) is 16.1. The zero-order valence-corrected chi connectivity index (χ0v) is 14.6. The van der Waals surface area contributed by atoms with Gasteiger partial charge in [-0.2, -0.15) is 5.10 Å². The van der Waals surface area contributed by atoms with Crippen molar-refractivity contribution in [2.24, 2.45) is 0 Å². The van der Waals surface area contributed by atoms with Crippen LogP contribution in [-0.4, -0.2) is 51.7 Å². The molecule has 2 aromatic rings. The van der Waals surface area contributed by atoms with Crippen molar-refractivity contribution >= 4 is 17.7 Å². The molecule has 142 valence electrons. The SMILES string of the molecule is O=C(O)Cn1ccc([C@H]2CCCN(C(=O)Nc3ccc4c(c3)OCO4)C2)n1. The highest BCUT2D eigenvalue weighted by atomic mass is 16.7. The molecule has 2 amide bonds. The maximum absolute atomic E-state index is 12.6. The first-order valence-corrected chi connectivity index (χ1v) is 8.79. The molecule has 0 radical (unpaired) electrons. The molecule has 3 heterocycles. The van der Waals surface area contributed by atoms with Crippen molar-refractivity contribution in [3.8, 4) is 11.5 Å². The zero-order valence-electron chi connectivity index (χ0n) is 14.6. The van der Waals surface area contributed by atoms with E-state index in [-0.39, 0.29) is 25.3 Å². The quantitative estimate of drug-likeness (QED) is 0.851. The van der Waals surface area contributed by atoms with Gasteiger partial charge in [-0.15, -0.1) is 0 Å². The Morgan fingerprint density at radius 3 is 2.96 bits per heavy atom. The Hall–Kier alpha value is -3.23. The molecule has 0 aliphatic carbocycles. The molecule has 9 heteroatoms. The van der Waals surface area contributed by atoms with Crippen molar-refractivity contribution in [1.29, 1.82) is 0 Å². The Kier molecular flexibility index (Phi) is 4.57. The molecular formula is C18H20N4O5. The first kappa shape index (κ1) is 17.2. The number of anilines is 1. The fraction of sp³-hybridized carbons (Fsp3) is 0.389. The monoisotopic (exact) mass is 372 g/mol. The van der Waals surface area contributed by atoms with Crippen LogP contribution < -0.4 is 14.8 Å². The number of aromatic nitrogens is 2. The Morgan fingerprint density at radius 2 is 2.11 bits per heavy atom. The van der Waals surface area contributed by atoms with Crippen LogP contribution in [0.4, 0.5) is 10.5 Å². The molecule has 1 aromatic heterocycles. The third-order valence-electron chi connectivity index (χ3n) is 4.71. The molecule has 0 saturated carbocycles. The summed E-state index contributed by atoms with van der Waals surface area (Å²) in [6.07, 6.45) is 3.44. The number of fused-ring (bicyclic) bond motifs is 1. The molecule has 9 nitrogen and oxygen atoms in total. The number of carboxylic acids is 1. The van der Waals surface area contributed by atoms with Crippen LogP contribution in [-0.2, 0) is 11.3 Å². The van der Waals surface area contributed by atoms with Crippen LogP contribution in [0.5, 0.6) is 11.5 Å². The van der Waals surface area contributed by atoms with Crippen LogP contribution >= 0.6 is 0 Å². The molecular weight excluding hydrogens is 352 g/mol. The molecule has 2 aliphatic rings. The lowest BCUT2D eigenvalue weighted by Gasteiger charge is -2.32. The number of hydrogen-bond donors (Lipinski definition) is 2. The zero-order chi connectivity index (χ0) is 18.8. The van der Waals surface area contributed by atoms with Crippen molar-refractivity contribution < 1.29 is 24.2 Å². The Balaban J connectivity index is 1.39. The van der Waals surface area contributed by atoms with Crippen LogP contribution in [0.3, 0.4) is 0 Å². The van der Waals surface area contributed by atoms with Gasteiger partial charge in [-0.3, -0.25) is 9.48 Å². The Bertz CT molecular complexity index is 865. The summed E-state index contributed by atoms with van der Waals surface area (Å²) < 4.78 is 12.0. The van der Waals surface area contributed by atoms with Gasteiger partial charge in [0.05, 0.1) is 5.69 Å². The number of carboxylic acid groups (broad SMARTS) is 1. The molecule has 2 aliphatic heterocycles. The van der Waals surface area contributed by atoms with Crippen LogP contribution in [0.1, 0.15) is 24.5 Å². The number of likely N-dealkylation sites (tertiary alicyclic amines) is 1. The van der Waals surface area contributed by atoms with E-state index in [1.54, 1.807) is 29.3 Å². The molecule has 2 N–H and O–H groups in total. The number of nitrogens with one attached hydrogen (secondary N) is 1. The van der Waals surface area contributed by atoms with Gasteiger partial charge in [0.2, 0.25) is 6.79 Å². The molecule has 1 atom stereocenters. The summed E-state index contributed by atoms with van der Waals surface area (Å²) in [7, 11) is 0. The number of nitrogens with zero attached hydrogens (tertiary/aromatic N) is 3. The molecule has 1 fully saturated rings. The van der Waals surface area contributed by atoms with Crippen molar-refractivity contribution in [2.75, 3.05) is 25.2 Å². The van der Waals surface area contributed by atoms with Gasteiger partial charge in [-0.1, -0.05) is 0 Å². The number of aliphatic carboxylic acids is 1. The maximum Gasteiger partial charge on any atom is 0.325 e. The number of benzene rings is 1. The van der Waals surface area contributed by atoms with Crippen LogP contribution in [0.25, 0.3) is 0 Å². The number of hydrogen-bond acceptors (Lipinski definition) is 5. The van der Waals surface area contributed by atoms with E-state index >= 15 is 0 Å². The number of carbonyl (C=O) groups is 2. The van der Waals surface area contributed by atoms with Gasteiger partial charge in [-0.05, 0) is 31.0 Å². The first-order valence-electron chi connectivity index (χ1n) is 8.79. The molecule has 1 saturated heterocycles. The largest absolute Gasteiger partial charge is 0.480 e. The number of carbonyl (C=O) groups excluding carboxylic acids is 1. The summed E-state index contributed by atoms with van der Waals surface area (Å²) >= 11 is 0. The Labute approximate surface area is 155 Å². The second-order valence-corrected chi connectivity index (χ2v) is 6.62. The van der Waals surface area contributed by atoms with E-state index in [1.165, 1.54) is 4.68 Å². The van der Waals surface area contributed by atoms with E-state index in [2.05, 4.69) is 10.4 Å². The van der Waals surface area contributed by atoms with Gasteiger partial charge < -0.3 is 24.8 Å². The van der Waals surface area contributed by atoms with E-state index in [0.29, 0.717) is 30.3 Å². The molecule has 1 aromatic carbocycles. The minimum absolute atomic E-state index is 0.0938. The van der Waals surface area contributed by atoms with Crippen molar-refractivity contribution in [3.05, 3.63) is 36.2 Å². The van der Waals surface area contributed by atoms with Gasteiger partial charge >= 0.3 is 12.0 Å². The van der Waals surface area contributed by atoms with Gasteiger partial charge in [0.15, 0.2) is 11.5 Å². The third-order valence-corrected chi connectivity index (χ3v) is 4.71. The summed E-state index contributed by atoms with van der Waals surface area (Å²) in [6.45, 7) is 1.24. The molecule has 0 unspecified atom stereocenters. The van der Waals surface area contributed by atoms with Gasteiger partial charge in [-0.25, -0.2) is 4.79 Å². The van der Waals surface area contributed by atoms with Gasteiger partial charge in [0.25, 0.3) is 0 Å². The second kappa shape index (κ2) is 7.18. The van der Waals surface area contributed by atoms with E-state index in [9.17, 15) is 9.59 Å². The lowest BCUT2D eigenvalue weighted by Crippen LogP contribution is -2.41.